The minimum atomic E-state index is -0.996. The number of aromatic nitrogens is 2. The molecule has 2 aromatic rings. The zero-order valence-electron chi connectivity index (χ0n) is 13.9. The Morgan fingerprint density at radius 3 is 2.67 bits per heavy atom. The summed E-state index contributed by atoms with van der Waals surface area (Å²) in [6.07, 6.45) is 4.66. The molecule has 0 radical (unpaired) electrons. The van der Waals surface area contributed by atoms with Crippen molar-refractivity contribution in [3.05, 3.63) is 36.0 Å². The monoisotopic (exact) mass is 327 g/mol. The lowest BCUT2D eigenvalue weighted by atomic mass is 10.0. The highest BCUT2D eigenvalue weighted by molar-refractivity contribution is 5.93. The molecule has 2 heterocycles. The number of carboxylic acids is 1. The Morgan fingerprint density at radius 2 is 2.04 bits per heavy atom. The molecule has 1 N–H and O–H groups in total. The van der Waals surface area contributed by atoms with Gasteiger partial charge in [0.25, 0.3) is 0 Å². The number of hydrogen-bond donors (Lipinski definition) is 1. The van der Waals surface area contributed by atoms with Gasteiger partial charge in [-0.1, -0.05) is 0 Å². The molecule has 1 aromatic carbocycles. The topological polar surface area (TPSA) is 75.6 Å². The second-order valence-electron chi connectivity index (χ2n) is 6.00. The van der Waals surface area contributed by atoms with Crippen LogP contribution < -0.4 is 9.64 Å². The number of aromatic carboxylic acids is 1. The van der Waals surface area contributed by atoms with E-state index in [4.69, 9.17) is 4.74 Å². The Labute approximate surface area is 141 Å². The summed E-state index contributed by atoms with van der Waals surface area (Å²) in [5, 5.41) is 9.49. The average Bonchev–Trinajstić information content (AvgIpc) is 2.61. The van der Waals surface area contributed by atoms with Crippen molar-refractivity contribution < 1.29 is 14.6 Å². The van der Waals surface area contributed by atoms with E-state index < -0.39 is 5.97 Å². The molecule has 0 saturated carbocycles. The van der Waals surface area contributed by atoms with Crippen LogP contribution in [0.3, 0.4) is 0 Å². The zero-order valence-corrected chi connectivity index (χ0v) is 13.9. The van der Waals surface area contributed by atoms with Crippen molar-refractivity contribution in [1.29, 1.82) is 0 Å². The molecule has 1 fully saturated rings. The summed E-state index contributed by atoms with van der Waals surface area (Å²) in [6.45, 7) is 2.93. The summed E-state index contributed by atoms with van der Waals surface area (Å²) in [7, 11) is 1.61. The summed E-state index contributed by atoms with van der Waals surface area (Å²) in [5.74, 6) is 0.792. The summed E-state index contributed by atoms with van der Waals surface area (Å²) >= 11 is 0. The van der Waals surface area contributed by atoms with Gasteiger partial charge in [0.05, 0.1) is 7.11 Å². The molecule has 0 bridgehead atoms. The number of hydrogen-bond acceptors (Lipinski definition) is 5. The van der Waals surface area contributed by atoms with Crippen LogP contribution in [-0.4, -0.2) is 40.7 Å². The lowest BCUT2D eigenvalue weighted by Gasteiger charge is -2.35. The predicted octanol–water partition coefficient (Wildman–Crippen LogP) is 3.23. The third-order valence-electron chi connectivity index (χ3n) is 4.42. The second-order valence-corrected chi connectivity index (χ2v) is 6.00. The van der Waals surface area contributed by atoms with E-state index in [-0.39, 0.29) is 11.6 Å². The third kappa shape index (κ3) is 3.18. The maximum Gasteiger partial charge on any atom is 0.341 e. The molecule has 1 unspecified atom stereocenters. The number of benzene rings is 1. The maximum atomic E-state index is 11.6. The molecule has 126 valence electrons. The predicted molar refractivity (Wildman–Crippen MR) is 91.6 cm³/mol. The van der Waals surface area contributed by atoms with E-state index in [0.717, 1.165) is 37.1 Å². The van der Waals surface area contributed by atoms with Crippen LogP contribution >= 0.6 is 0 Å². The highest BCUT2D eigenvalue weighted by Gasteiger charge is 2.25. The van der Waals surface area contributed by atoms with E-state index in [1.807, 2.05) is 24.3 Å². The molecule has 0 spiro atoms. The van der Waals surface area contributed by atoms with Gasteiger partial charge in [-0.15, -0.1) is 0 Å². The molecule has 1 aliphatic heterocycles. The number of piperidine rings is 1. The third-order valence-corrected chi connectivity index (χ3v) is 4.42. The van der Waals surface area contributed by atoms with Crippen LogP contribution in [-0.2, 0) is 0 Å². The van der Waals surface area contributed by atoms with Gasteiger partial charge in [0.2, 0.25) is 0 Å². The smallest absolute Gasteiger partial charge is 0.341 e. The number of carbonyl (C=O) groups is 1. The van der Waals surface area contributed by atoms with Crippen LogP contribution in [0.5, 0.6) is 5.75 Å². The van der Waals surface area contributed by atoms with Crippen LogP contribution in [0.15, 0.2) is 30.5 Å². The van der Waals surface area contributed by atoms with Crippen LogP contribution in [0.1, 0.15) is 36.5 Å². The molecule has 1 atom stereocenters. The number of methoxy groups -OCH3 is 1. The normalized spacial score (nSPS) is 17.6. The Morgan fingerprint density at radius 1 is 1.29 bits per heavy atom. The number of carboxylic acid groups (broad SMARTS) is 1. The van der Waals surface area contributed by atoms with Gasteiger partial charge in [-0.3, -0.25) is 0 Å². The molecular formula is C18H21N3O3. The first-order chi connectivity index (χ1) is 11.6. The Bertz CT molecular complexity index is 731. The first-order valence-electron chi connectivity index (χ1n) is 8.11. The summed E-state index contributed by atoms with van der Waals surface area (Å²) < 4.78 is 5.16. The molecule has 6 heteroatoms. The van der Waals surface area contributed by atoms with Crippen molar-refractivity contribution in [2.24, 2.45) is 0 Å². The highest BCUT2D eigenvalue weighted by atomic mass is 16.5. The van der Waals surface area contributed by atoms with Crippen LogP contribution in [0.2, 0.25) is 0 Å². The molecule has 0 amide bonds. The largest absolute Gasteiger partial charge is 0.497 e. The fraction of sp³-hybridized carbons (Fsp3) is 0.389. The van der Waals surface area contributed by atoms with Gasteiger partial charge >= 0.3 is 5.97 Å². The van der Waals surface area contributed by atoms with E-state index in [1.54, 1.807) is 7.11 Å². The quantitative estimate of drug-likeness (QED) is 0.929. The zero-order chi connectivity index (χ0) is 17.1. The van der Waals surface area contributed by atoms with Crippen molar-refractivity contribution >= 4 is 11.8 Å². The molecule has 24 heavy (non-hydrogen) atoms. The number of nitrogens with zero attached hydrogens (tertiary/aromatic N) is 3. The van der Waals surface area contributed by atoms with Gasteiger partial charge < -0.3 is 14.7 Å². The van der Waals surface area contributed by atoms with Gasteiger partial charge in [-0.2, -0.15) is 0 Å². The lowest BCUT2D eigenvalue weighted by molar-refractivity contribution is 0.0696. The summed E-state index contributed by atoms with van der Waals surface area (Å²) in [5.41, 5.74) is 0.986. The van der Waals surface area contributed by atoms with Crippen molar-refractivity contribution in [2.45, 2.75) is 32.2 Å². The van der Waals surface area contributed by atoms with Crippen LogP contribution in [0.4, 0.5) is 5.82 Å². The summed E-state index contributed by atoms with van der Waals surface area (Å²) in [4.78, 5) is 22.5. The lowest BCUT2D eigenvalue weighted by Crippen LogP contribution is -2.39. The van der Waals surface area contributed by atoms with Crippen LogP contribution in [0.25, 0.3) is 11.4 Å². The molecule has 3 rings (SSSR count). The standard InChI is InChI=1S/C18H21N3O3/c1-12-5-3-4-10-21(12)17-15(18(22)23)11-19-16(20-17)13-6-8-14(24-2)9-7-13/h6-9,11-12H,3-5,10H2,1-2H3,(H,22,23). The van der Waals surface area contributed by atoms with Crippen molar-refractivity contribution in [1.82, 2.24) is 9.97 Å². The molecule has 1 aliphatic rings. The van der Waals surface area contributed by atoms with Crippen molar-refractivity contribution in [2.75, 3.05) is 18.6 Å². The first kappa shape index (κ1) is 16.2. The molecule has 0 aliphatic carbocycles. The number of ether oxygens (including phenoxy) is 1. The second kappa shape index (κ2) is 6.86. The average molecular weight is 327 g/mol. The molecule has 1 aromatic heterocycles. The Kier molecular flexibility index (Phi) is 4.64. The fourth-order valence-corrected chi connectivity index (χ4v) is 3.03. The van der Waals surface area contributed by atoms with E-state index in [9.17, 15) is 9.90 Å². The maximum absolute atomic E-state index is 11.6. The van der Waals surface area contributed by atoms with Gasteiger partial charge in [-0.05, 0) is 50.5 Å². The summed E-state index contributed by atoms with van der Waals surface area (Å²) in [6, 6.07) is 7.70. The van der Waals surface area contributed by atoms with E-state index in [1.165, 1.54) is 6.20 Å². The van der Waals surface area contributed by atoms with Gasteiger partial charge in [0, 0.05) is 24.3 Å². The minimum Gasteiger partial charge on any atom is -0.497 e. The van der Waals surface area contributed by atoms with Crippen molar-refractivity contribution in [3.63, 3.8) is 0 Å². The van der Waals surface area contributed by atoms with E-state index in [0.29, 0.717) is 11.6 Å². The number of anilines is 1. The first-order valence-corrected chi connectivity index (χ1v) is 8.11. The van der Waals surface area contributed by atoms with Gasteiger partial charge in [0.1, 0.15) is 17.1 Å². The SMILES string of the molecule is COc1ccc(-c2ncc(C(=O)O)c(N3CCCCC3C)n2)cc1. The van der Waals surface area contributed by atoms with E-state index in [2.05, 4.69) is 21.8 Å². The highest BCUT2D eigenvalue weighted by Crippen LogP contribution is 2.28. The molecule has 6 nitrogen and oxygen atoms in total. The van der Waals surface area contributed by atoms with Crippen LogP contribution in [0, 0.1) is 0 Å². The van der Waals surface area contributed by atoms with Gasteiger partial charge in [0.15, 0.2) is 5.82 Å². The number of rotatable bonds is 4. The molecule has 1 saturated heterocycles. The fourth-order valence-electron chi connectivity index (χ4n) is 3.03. The van der Waals surface area contributed by atoms with E-state index >= 15 is 0 Å². The Balaban J connectivity index is 2.02. The molecular weight excluding hydrogens is 306 g/mol. The minimum absolute atomic E-state index is 0.154. The van der Waals surface area contributed by atoms with Crippen molar-refractivity contribution in [3.8, 4) is 17.1 Å². The van der Waals surface area contributed by atoms with Gasteiger partial charge in [-0.25, -0.2) is 14.8 Å². The Hall–Kier alpha value is -2.63.